The molecule has 0 radical (unpaired) electrons. The topological polar surface area (TPSA) is 110 Å². The van der Waals surface area contributed by atoms with Crippen LogP contribution in [0.2, 0.25) is 0 Å². The number of benzene rings is 4. The fourth-order valence-corrected chi connectivity index (χ4v) is 8.63. The van der Waals surface area contributed by atoms with Gasteiger partial charge in [0.05, 0.1) is 56.9 Å². The van der Waals surface area contributed by atoms with E-state index in [0.29, 0.717) is 64.6 Å². The summed E-state index contributed by atoms with van der Waals surface area (Å²) < 4.78 is 53.7. The minimum absolute atomic E-state index is 0.0942. The molecular weight excluding hydrogens is 692 g/mol. The molecule has 54 heavy (non-hydrogen) atoms. The van der Waals surface area contributed by atoms with E-state index in [0.717, 1.165) is 70.6 Å². The molecule has 1 N–H and O–H groups in total. The van der Waals surface area contributed by atoms with Crippen molar-refractivity contribution in [2.45, 2.75) is 37.8 Å². The van der Waals surface area contributed by atoms with Gasteiger partial charge in [0.25, 0.3) is 0 Å². The summed E-state index contributed by atoms with van der Waals surface area (Å²) in [5, 5.41) is 11.3. The van der Waals surface area contributed by atoms with Crippen LogP contribution in [0.4, 0.5) is 0 Å². The standard InChI is InChI=1S/C42H50N2O10/c1-43-13-11-24-27(20-35(49-6)40(51-8)38(24)45)28(43)16-23-18-31(46-3)33(48-5)21-30(23)54-34-17-22-15-29-36-25(12-14-44(29)2)39(50-7)42(53-10)41(52-9)37(36)26(22)19-32(34)47-4/h17-21,28-29,45H,11-16H2,1-10H3. The number of likely N-dealkylation sites (N-methyl/N-ethyl adjacent to an activating group) is 2. The lowest BCUT2D eigenvalue weighted by molar-refractivity contribution is 0.222. The summed E-state index contributed by atoms with van der Waals surface area (Å²) in [5.74, 6) is 5.68. The summed E-state index contributed by atoms with van der Waals surface area (Å²) in [5.41, 5.74) is 8.09. The van der Waals surface area contributed by atoms with Crippen LogP contribution in [0, 0.1) is 0 Å². The lowest BCUT2D eigenvalue weighted by Gasteiger charge is -2.41. The van der Waals surface area contributed by atoms with Gasteiger partial charge in [0.15, 0.2) is 46.0 Å². The summed E-state index contributed by atoms with van der Waals surface area (Å²) in [6.07, 6.45) is 2.78. The van der Waals surface area contributed by atoms with Crippen molar-refractivity contribution in [1.29, 1.82) is 0 Å². The molecule has 0 spiro atoms. The molecule has 12 heteroatoms. The number of phenolic OH excluding ortho intramolecular Hbond substituents is 1. The summed E-state index contributed by atoms with van der Waals surface area (Å²) in [6.45, 7) is 1.61. The highest BCUT2D eigenvalue weighted by Gasteiger charge is 2.40. The minimum Gasteiger partial charge on any atom is -0.504 e. The average Bonchev–Trinajstić information content (AvgIpc) is 3.19. The molecule has 4 aromatic carbocycles. The Hall–Kier alpha value is -5.20. The summed E-state index contributed by atoms with van der Waals surface area (Å²) in [6, 6.07) is 9.86. The van der Waals surface area contributed by atoms with E-state index in [1.54, 1.807) is 49.8 Å². The van der Waals surface area contributed by atoms with Gasteiger partial charge >= 0.3 is 0 Å². The van der Waals surface area contributed by atoms with E-state index in [1.807, 2.05) is 24.3 Å². The minimum atomic E-state index is -0.127. The van der Waals surface area contributed by atoms with Crippen LogP contribution in [0.3, 0.4) is 0 Å². The van der Waals surface area contributed by atoms with Gasteiger partial charge in [-0.15, -0.1) is 0 Å². The first-order chi connectivity index (χ1) is 26.2. The average molecular weight is 743 g/mol. The van der Waals surface area contributed by atoms with Gasteiger partial charge in [0, 0.05) is 53.5 Å². The van der Waals surface area contributed by atoms with Gasteiger partial charge in [-0.25, -0.2) is 0 Å². The second-order valence-electron chi connectivity index (χ2n) is 13.9. The molecule has 12 nitrogen and oxygen atoms in total. The van der Waals surface area contributed by atoms with Crippen LogP contribution in [0.1, 0.15) is 45.5 Å². The second-order valence-corrected chi connectivity index (χ2v) is 13.9. The predicted molar refractivity (Wildman–Crippen MR) is 204 cm³/mol. The predicted octanol–water partition coefficient (Wildman–Crippen LogP) is 6.78. The Bertz CT molecular complexity index is 2080. The fraction of sp³-hybridized carbons (Fsp3) is 0.429. The first-order valence-electron chi connectivity index (χ1n) is 18.0. The number of hydrogen-bond acceptors (Lipinski definition) is 12. The molecule has 0 fully saturated rings. The zero-order valence-electron chi connectivity index (χ0n) is 32.8. The van der Waals surface area contributed by atoms with Gasteiger partial charge in [0.1, 0.15) is 5.75 Å². The van der Waals surface area contributed by atoms with Crippen molar-refractivity contribution in [3.63, 3.8) is 0 Å². The van der Waals surface area contributed by atoms with Crippen molar-refractivity contribution in [2.75, 3.05) is 84.1 Å². The van der Waals surface area contributed by atoms with E-state index in [-0.39, 0.29) is 17.8 Å². The van der Waals surface area contributed by atoms with E-state index in [1.165, 1.54) is 12.7 Å². The van der Waals surface area contributed by atoms with E-state index in [4.69, 9.17) is 42.6 Å². The molecule has 2 heterocycles. The van der Waals surface area contributed by atoms with Crippen molar-refractivity contribution in [3.8, 4) is 74.4 Å². The highest BCUT2D eigenvalue weighted by Crippen LogP contribution is 2.58. The fourth-order valence-electron chi connectivity index (χ4n) is 8.63. The third kappa shape index (κ3) is 5.92. The first kappa shape index (κ1) is 37.1. The quantitative estimate of drug-likeness (QED) is 0.165. The molecule has 2 atom stereocenters. The maximum Gasteiger partial charge on any atom is 0.204 e. The number of phenols is 1. The van der Waals surface area contributed by atoms with Crippen LogP contribution in [-0.4, -0.2) is 99.0 Å². The maximum atomic E-state index is 11.3. The largest absolute Gasteiger partial charge is 0.504 e. The van der Waals surface area contributed by atoms with Crippen LogP contribution in [-0.2, 0) is 25.7 Å². The maximum absolute atomic E-state index is 11.3. The Morgan fingerprint density at radius 2 is 1.20 bits per heavy atom. The molecule has 0 saturated carbocycles. The molecule has 0 aromatic heterocycles. The smallest absolute Gasteiger partial charge is 0.204 e. The molecule has 0 saturated heterocycles. The van der Waals surface area contributed by atoms with Crippen molar-refractivity contribution in [3.05, 3.63) is 63.7 Å². The molecule has 0 bridgehead atoms. The van der Waals surface area contributed by atoms with Crippen LogP contribution in [0.15, 0.2) is 30.3 Å². The molecular formula is C42H50N2O10. The van der Waals surface area contributed by atoms with Gasteiger partial charge in [-0.3, -0.25) is 9.80 Å². The third-order valence-electron chi connectivity index (χ3n) is 11.4. The molecule has 2 unspecified atom stereocenters. The Labute approximate surface area is 316 Å². The third-order valence-corrected chi connectivity index (χ3v) is 11.4. The number of fused-ring (bicyclic) bond motifs is 3. The van der Waals surface area contributed by atoms with Crippen molar-refractivity contribution in [1.82, 2.24) is 9.80 Å². The highest BCUT2D eigenvalue weighted by molar-refractivity contribution is 5.87. The molecule has 4 aromatic rings. The van der Waals surface area contributed by atoms with Crippen LogP contribution >= 0.6 is 0 Å². The summed E-state index contributed by atoms with van der Waals surface area (Å²) in [7, 11) is 17.2. The van der Waals surface area contributed by atoms with Gasteiger partial charge in [0.2, 0.25) is 11.5 Å². The Morgan fingerprint density at radius 3 is 1.85 bits per heavy atom. The Morgan fingerprint density at radius 1 is 0.593 bits per heavy atom. The highest BCUT2D eigenvalue weighted by atomic mass is 16.5. The van der Waals surface area contributed by atoms with Gasteiger partial charge < -0.3 is 47.7 Å². The van der Waals surface area contributed by atoms with Crippen LogP contribution in [0.5, 0.6) is 63.2 Å². The summed E-state index contributed by atoms with van der Waals surface area (Å²) in [4.78, 5) is 4.66. The van der Waals surface area contributed by atoms with Crippen molar-refractivity contribution >= 4 is 0 Å². The SMILES string of the molecule is COc1cc(CC2c3cc(OC)c(OC)c(O)c3CCN2C)c(Oc2cc3c(cc2OC)-c2c(OC)c(OC)c(OC)c4c2C(C3)N(C)CC4)cc1OC. The van der Waals surface area contributed by atoms with Crippen molar-refractivity contribution in [2.24, 2.45) is 0 Å². The molecule has 1 aliphatic carbocycles. The molecule has 2 aliphatic heterocycles. The van der Waals surface area contributed by atoms with Crippen LogP contribution < -0.4 is 42.6 Å². The zero-order valence-corrected chi connectivity index (χ0v) is 32.8. The Kier molecular flexibility index (Phi) is 10.3. The zero-order chi connectivity index (χ0) is 38.4. The lowest BCUT2D eigenvalue weighted by atomic mass is 9.76. The number of methoxy groups -OCH3 is 8. The molecule has 288 valence electrons. The van der Waals surface area contributed by atoms with Crippen LogP contribution in [0.25, 0.3) is 11.1 Å². The van der Waals surface area contributed by atoms with Crippen molar-refractivity contribution < 1.29 is 47.7 Å². The summed E-state index contributed by atoms with van der Waals surface area (Å²) >= 11 is 0. The Balaban J connectivity index is 1.36. The molecule has 0 amide bonds. The molecule has 7 rings (SSSR count). The number of rotatable bonds is 12. The normalized spacial score (nSPS) is 17.4. The van der Waals surface area contributed by atoms with E-state index in [2.05, 4.69) is 30.0 Å². The number of ether oxygens (including phenoxy) is 9. The van der Waals surface area contributed by atoms with E-state index in [9.17, 15) is 5.11 Å². The van der Waals surface area contributed by atoms with Gasteiger partial charge in [-0.05, 0) is 86.3 Å². The van der Waals surface area contributed by atoms with Gasteiger partial charge in [-0.2, -0.15) is 0 Å². The van der Waals surface area contributed by atoms with E-state index < -0.39 is 0 Å². The molecule has 3 aliphatic rings. The van der Waals surface area contributed by atoms with E-state index >= 15 is 0 Å². The second kappa shape index (κ2) is 14.9. The lowest BCUT2D eigenvalue weighted by Crippen LogP contribution is -2.36. The number of aromatic hydroxyl groups is 1. The number of nitrogens with zero attached hydrogens (tertiary/aromatic N) is 2. The monoisotopic (exact) mass is 742 g/mol. The van der Waals surface area contributed by atoms with Gasteiger partial charge in [-0.1, -0.05) is 0 Å². The number of hydrogen-bond donors (Lipinski definition) is 1. The first-order valence-corrected chi connectivity index (χ1v) is 18.0.